The van der Waals surface area contributed by atoms with Crippen LogP contribution in [-0.2, 0) is 4.79 Å². The molecule has 2 N–H and O–H groups in total. The van der Waals surface area contributed by atoms with Gasteiger partial charge in [0.15, 0.2) is 0 Å². The highest BCUT2D eigenvalue weighted by molar-refractivity contribution is 5.85. The molecule has 2 aliphatic rings. The second-order valence-electron chi connectivity index (χ2n) is 6.27. The fourth-order valence-corrected chi connectivity index (χ4v) is 3.45. The Morgan fingerprint density at radius 1 is 0.800 bits per heavy atom. The van der Waals surface area contributed by atoms with Crippen molar-refractivity contribution in [3.05, 3.63) is 0 Å². The monoisotopic (exact) mass is 302 g/mol. The van der Waals surface area contributed by atoms with Gasteiger partial charge in [0.1, 0.15) is 0 Å². The first kappa shape index (κ1) is 17.8. The highest BCUT2D eigenvalue weighted by atomic mass is 35.5. The van der Waals surface area contributed by atoms with Crippen molar-refractivity contribution < 1.29 is 4.79 Å². The van der Waals surface area contributed by atoms with Gasteiger partial charge in [0.25, 0.3) is 0 Å². The average molecular weight is 303 g/mol. The van der Waals surface area contributed by atoms with Crippen LogP contribution in [0.3, 0.4) is 0 Å². The van der Waals surface area contributed by atoms with E-state index in [4.69, 9.17) is 0 Å². The summed E-state index contributed by atoms with van der Waals surface area (Å²) in [6.07, 6.45) is 14.1. The van der Waals surface area contributed by atoms with Crippen LogP contribution in [0, 0.1) is 5.92 Å². The largest absolute Gasteiger partial charge is 0.355 e. The Balaban J connectivity index is 0.00000200. The van der Waals surface area contributed by atoms with Gasteiger partial charge in [-0.05, 0) is 25.7 Å². The molecule has 0 radical (unpaired) electrons. The molecular weight excluding hydrogens is 272 g/mol. The van der Waals surface area contributed by atoms with E-state index in [1.54, 1.807) is 0 Å². The van der Waals surface area contributed by atoms with Crippen LogP contribution in [0.15, 0.2) is 0 Å². The summed E-state index contributed by atoms with van der Waals surface area (Å²) in [5.41, 5.74) is 0. The van der Waals surface area contributed by atoms with Gasteiger partial charge in [-0.3, -0.25) is 4.79 Å². The summed E-state index contributed by atoms with van der Waals surface area (Å²) in [6, 6.07) is 0.689. The SMILES string of the molecule is Cl.O=C(NCCNC1CCCCCC1)C1CCCCC1. The minimum Gasteiger partial charge on any atom is -0.355 e. The maximum Gasteiger partial charge on any atom is 0.223 e. The maximum atomic E-state index is 12.0. The number of hydrogen-bond donors (Lipinski definition) is 2. The molecule has 0 atom stereocenters. The first-order valence-corrected chi connectivity index (χ1v) is 8.37. The highest BCUT2D eigenvalue weighted by Gasteiger charge is 2.20. The van der Waals surface area contributed by atoms with Crippen molar-refractivity contribution in [3.63, 3.8) is 0 Å². The van der Waals surface area contributed by atoms with E-state index in [0.717, 1.165) is 25.9 Å². The predicted octanol–water partition coefficient (Wildman–Crippen LogP) is 3.42. The van der Waals surface area contributed by atoms with Crippen molar-refractivity contribution in [1.82, 2.24) is 10.6 Å². The topological polar surface area (TPSA) is 41.1 Å². The number of halogens is 1. The summed E-state index contributed by atoms with van der Waals surface area (Å²) >= 11 is 0. The molecule has 4 heteroatoms. The molecule has 2 aliphatic carbocycles. The third-order valence-electron chi connectivity index (χ3n) is 4.69. The minimum absolute atomic E-state index is 0. The Hall–Kier alpha value is -0.280. The molecule has 1 amide bonds. The smallest absolute Gasteiger partial charge is 0.223 e. The van der Waals surface area contributed by atoms with Crippen LogP contribution in [0.5, 0.6) is 0 Å². The molecule has 0 unspecified atom stereocenters. The van der Waals surface area contributed by atoms with Gasteiger partial charge < -0.3 is 10.6 Å². The number of amides is 1. The average Bonchev–Trinajstić information content (AvgIpc) is 2.73. The Kier molecular flexibility index (Phi) is 9.28. The van der Waals surface area contributed by atoms with E-state index < -0.39 is 0 Å². The molecule has 0 spiro atoms. The van der Waals surface area contributed by atoms with Crippen molar-refractivity contribution in [2.24, 2.45) is 5.92 Å². The van der Waals surface area contributed by atoms with Gasteiger partial charge in [0.2, 0.25) is 5.91 Å². The lowest BCUT2D eigenvalue weighted by Gasteiger charge is -2.21. The first-order valence-electron chi connectivity index (χ1n) is 8.37. The van der Waals surface area contributed by atoms with Gasteiger partial charge in [0, 0.05) is 25.0 Å². The molecule has 2 fully saturated rings. The Bertz CT molecular complexity index is 259. The van der Waals surface area contributed by atoms with E-state index in [1.165, 1.54) is 57.8 Å². The molecule has 0 aromatic rings. The van der Waals surface area contributed by atoms with Crippen molar-refractivity contribution in [2.75, 3.05) is 13.1 Å². The van der Waals surface area contributed by atoms with E-state index in [-0.39, 0.29) is 12.4 Å². The van der Waals surface area contributed by atoms with E-state index in [0.29, 0.717) is 17.9 Å². The molecule has 0 aliphatic heterocycles. The quantitative estimate of drug-likeness (QED) is 0.603. The summed E-state index contributed by atoms with van der Waals surface area (Å²) in [4.78, 5) is 12.0. The molecule has 0 saturated heterocycles. The number of rotatable bonds is 5. The maximum absolute atomic E-state index is 12.0. The van der Waals surface area contributed by atoms with Crippen LogP contribution in [-0.4, -0.2) is 25.0 Å². The van der Waals surface area contributed by atoms with Crippen LogP contribution in [0.1, 0.15) is 70.6 Å². The van der Waals surface area contributed by atoms with Crippen LogP contribution in [0.2, 0.25) is 0 Å². The summed E-state index contributed by atoms with van der Waals surface area (Å²) in [5.74, 6) is 0.592. The summed E-state index contributed by atoms with van der Waals surface area (Å²) in [5, 5.41) is 6.71. The predicted molar refractivity (Wildman–Crippen MR) is 86.3 cm³/mol. The standard InChI is InChI=1S/C16H30N2O.ClH/c19-16(14-8-4-3-5-9-14)18-13-12-17-15-10-6-1-2-7-11-15;/h14-15,17H,1-13H2,(H,18,19);1H. The summed E-state index contributed by atoms with van der Waals surface area (Å²) in [7, 11) is 0. The van der Waals surface area contributed by atoms with Crippen molar-refractivity contribution in [1.29, 1.82) is 0 Å². The van der Waals surface area contributed by atoms with Crippen molar-refractivity contribution in [3.8, 4) is 0 Å². The number of carbonyl (C=O) groups excluding carboxylic acids is 1. The number of carbonyl (C=O) groups is 1. The number of hydrogen-bond acceptors (Lipinski definition) is 2. The third kappa shape index (κ3) is 6.45. The fraction of sp³-hybridized carbons (Fsp3) is 0.938. The second-order valence-corrected chi connectivity index (χ2v) is 6.27. The molecule has 0 aromatic heterocycles. The molecule has 2 rings (SSSR count). The third-order valence-corrected chi connectivity index (χ3v) is 4.69. The zero-order chi connectivity index (χ0) is 13.3. The zero-order valence-corrected chi connectivity index (χ0v) is 13.5. The molecule has 0 bridgehead atoms. The molecular formula is C16H31ClN2O. The lowest BCUT2D eigenvalue weighted by molar-refractivity contribution is -0.125. The normalized spacial score (nSPS) is 21.8. The van der Waals surface area contributed by atoms with Crippen molar-refractivity contribution >= 4 is 18.3 Å². The molecule has 0 heterocycles. The summed E-state index contributed by atoms with van der Waals surface area (Å²) < 4.78 is 0. The lowest BCUT2D eigenvalue weighted by Crippen LogP contribution is -2.39. The minimum atomic E-state index is 0. The highest BCUT2D eigenvalue weighted by Crippen LogP contribution is 2.23. The van der Waals surface area contributed by atoms with Crippen molar-refractivity contribution in [2.45, 2.75) is 76.7 Å². The van der Waals surface area contributed by atoms with Gasteiger partial charge in [-0.15, -0.1) is 12.4 Å². The van der Waals surface area contributed by atoms with E-state index in [1.807, 2.05) is 0 Å². The first-order chi connectivity index (χ1) is 9.36. The number of nitrogens with one attached hydrogen (secondary N) is 2. The van der Waals surface area contributed by atoms with E-state index in [2.05, 4.69) is 10.6 Å². The Labute approximate surface area is 130 Å². The molecule has 0 aromatic carbocycles. The molecule has 20 heavy (non-hydrogen) atoms. The van der Waals surface area contributed by atoms with Gasteiger partial charge in [0.05, 0.1) is 0 Å². The van der Waals surface area contributed by atoms with Crippen LogP contribution >= 0.6 is 12.4 Å². The zero-order valence-electron chi connectivity index (χ0n) is 12.7. The van der Waals surface area contributed by atoms with Gasteiger partial charge in [-0.2, -0.15) is 0 Å². The van der Waals surface area contributed by atoms with E-state index >= 15 is 0 Å². The molecule has 118 valence electrons. The van der Waals surface area contributed by atoms with Crippen LogP contribution < -0.4 is 10.6 Å². The second kappa shape index (κ2) is 10.4. The van der Waals surface area contributed by atoms with Gasteiger partial charge in [-0.1, -0.05) is 44.9 Å². The van der Waals surface area contributed by atoms with Crippen LogP contribution in [0.4, 0.5) is 0 Å². The summed E-state index contributed by atoms with van der Waals surface area (Å²) in [6.45, 7) is 1.73. The van der Waals surface area contributed by atoms with E-state index in [9.17, 15) is 4.79 Å². The Morgan fingerprint density at radius 2 is 1.35 bits per heavy atom. The Morgan fingerprint density at radius 3 is 2.00 bits per heavy atom. The van der Waals surface area contributed by atoms with Gasteiger partial charge in [-0.25, -0.2) is 0 Å². The molecule has 3 nitrogen and oxygen atoms in total. The fourth-order valence-electron chi connectivity index (χ4n) is 3.45. The molecule has 2 saturated carbocycles. The van der Waals surface area contributed by atoms with Gasteiger partial charge >= 0.3 is 0 Å². The van der Waals surface area contributed by atoms with Crippen LogP contribution in [0.25, 0.3) is 0 Å². The lowest BCUT2D eigenvalue weighted by atomic mass is 9.89.